The minimum atomic E-state index is -1.48. The Morgan fingerprint density at radius 2 is 1.71 bits per heavy atom. The molecule has 0 atom stereocenters. The maximum atomic E-state index is 9.38. The maximum absolute atomic E-state index is 9.38. The van der Waals surface area contributed by atoms with Crippen molar-refractivity contribution >= 4 is 23.2 Å². The lowest BCUT2D eigenvalue weighted by Crippen LogP contribution is -2.49. The standard InChI is InChI=1S/C11H15Cl2NO3/c1-11(2,10(16)17)14-5-6-3-7(12)9(15)8(13)4-6/h3-4,10,14-17H,5H2,1-2H3. The highest BCUT2D eigenvalue weighted by Crippen LogP contribution is 2.32. The molecule has 6 heteroatoms. The van der Waals surface area contributed by atoms with E-state index in [2.05, 4.69) is 5.32 Å². The number of aliphatic hydroxyl groups excluding tert-OH is 1. The summed E-state index contributed by atoms with van der Waals surface area (Å²) < 4.78 is 0. The van der Waals surface area contributed by atoms with Gasteiger partial charge in [-0.1, -0.05) is 23.2 Å². The molecule has 0 bridgehead atoms. The van der Waals surface area contributed by atoms with Crippen molar-refractivity contribution in [2.24, 2.45) is 0 Å². The third-order valence-electron chi connectivity index (χ3n) is 2.47. The Morgan fingerprint density at radius 1 is 1.24 bits per heavy atom. The van der Waals surface area contributed by atoms with Gasteiger partial charge in [0.1, 0.15) is 0 Å². The van der Waals surface area contributed by atoms with Gasteiger partial charge in [-0.2, -0.15) is 0 Å². The molecule has 0 radical (unpaired) electrons. The van der Waals surface area contributed by atoms with Crippen molar-refractivity contribution in [3.63, 3.8) is 0 Å². The Morgan fingerprint density at radius 3 is 2.12 bits per heavy atom. The lowest BCUT2D eigenvalue weighted by atomic mass is 10.0. The van der Waals surface area contributed by atoms with Gasteiger partial charge in [0.25, 0.3) is 0 Å². The molecule has 0 aliphatic rings. The third-order valence-corrected chi connectivity index (χ3v) is 3.05. The lowest BCUT2D eigenvalue weighted by Gasteiger charge is -2.28. The average molecular weight is 280 g/mol. The first kappa shape index (κ1) is 14.5. The van der Waals surface area contributed by atoms with Crippen molar-refractivity contribution in [1.82, 2.24) is 5.32 Å². The first-order valence-corrected chi connectivity index (χ1v) is 5.77. The molecule has 0 aliphatic heterocycles. The number of nitrogens with one attached hydrogen (secondary N) is 1. The maximum Gasteiger partial charge on any atom is 0.169 e. The summed E-state index contributed by atoms with van der Waals surface area (Å²) in [5.41, 5.74) is -0.108. The lowest BCUT2D eigenvalue weighted by molar-refractivity contribution is -0.0973. The normalized spacial score (nSPS) is 12.2. The summed E-state index contributed by atoms with van der Waals surface area (Å²) in [7, 11) is 0. The van der Waals surface area contributed by atoms with Crippen LogP contribution in [0.1, 0.15) is 19.4 Å². The van der Waals surface area contributed by atoms with Crippen LogP contribution in [0.3, 0.4) is 0 Å². The van der Waals surface area contributed by atoms with E-state index in [4.69, 9.17) is 33.4 Å². The number of aliphatic hydroxyl groups is 2. The summed E-state index contributed by atoms with van der Waals surface area (Å²) in [5.74, 6) is -0.154. The van der Waals surface area contributed by atoms with Crippen molar-refractivity contribution in [2.45, 2.75) is 32.2 Å². The van der Waals surface area contributed by atoms with Crippen LogP contribution in [0.5, 0.6) is 5.75 Å². The van der Waals surface area contributed by atoms with Crippen LogP contribution >= 0.6 is 23.2 Å². The molecular weight excluding hydrogens is 265 g/mol. The number of phenols is 1. The van der Waals surface area contributed by atoms with Crippen molar-refractivity contribution in [3.8, 4) is 5.75 Å². The summed E-state index contributed by atoms with van der Waals surface area (Å²) in [6.45, 7) is 3.66. The van der Waals surface area contributed by atoms with Gasteiger partial charge in [-0.3, -0.25) is 0 Å². The topological polar surface area (TPSA) is 72.7 Å². The Labute approximate surface area is 110 Å². The quantitative estimate of drug-likeness (QED) is 0.635. The van der Waals surface area contributed by atoms with E-state index in [0.717, 1.165) is 5.56 Å². The van der Waals surface area contributed by atoms with Crippen molar-refractivity contribution < 1.29 is 15.3 Å². The van der Waals surface area contributed by atoms with Crippen molar-refractivity contribution in [2.75, 3.05) is 0 Å². The molecule has 1 aromatic carbocycles. The smallest absolute Gasteiger partial charge is 0.169 e. The van der Waals surface area contributed by atoms with Crippen LogP contribution in [0.15, 0.2) is 12.1 Å². The number of phenolic OH excluding ortho intramolecular Hbond substituents is 1. The minimum absolute atomic E-state index is 0.154. The number of hydrogen-bond donors (Lipinski definition) is 4. The molecule has 4 nitrogen and oxygen atoms in total. The van der Waals surface area contributed by atoms with E-state index in [1.165, 1.54) is 0 Å². The van der Waals surface area contributed by atoms with Crippen LogP contribution < -0.4 is 5.32 Å². The van der Waals surface area contributed by atoms with Crippen LogP contribution in [0.4, 0.5) is 0 Å². The SMILES string of the molecule is CC(C)(NCc1cc(Cl)c(O)c(Cl)c1)C(O)O. The molecule has 0 unspecified atom stereocenters. The van der Waals surface area contributed by atoms with E-state index in [9.17, 15) is 5.11 Å². The molecule has 96 valence electrons. The molecule has 1 aromatic rings. The van der Waals surface area contributed by atoms with E-state index < -0.39 is 11.8 Å². The van der Waals surface area contributed by atoms with Gasteiger partial charge in [-0.25, -0.2) is 0 Å². The van der Waals surface area contributed by atoms with E-state index in [1.54, 1.807) is 26.0 Å². The number of hydrogen-bond acceptors (Lipinski definition) is 4. The molecule has 0 aromatic heterocycles. The Hall–Kier alpha value is -0.520. The van der Waals surface area contributed by atoms with Gasteiger partial charge < -0.3 is 20.6 Å². The van der Waals surface area contributed by atoms with Crippen LogP contribution in [0.25, 0.3) is 0 Å². The fourth-order valence-corrected chi connectivity index (χ4v) is 1.67. The summed E-state index contributed by atoms with van der Waals surface area (Å²) in [6, 6.07) is 3.13. The monoisotopic (exact) mass is 279 g/mol. The van der Waals surface area contributed by atoms with Crippen molar-refractivity contribution in [3.05, 3.63) is 27.7 Å². The van der Waals surface area contributed by atoms with Crippen LogP contribution in [0.2, 0.25) is 10.0 Å². The number of halogens is 2. The zero-order valence-electron chi connectivity index (χ0n) is 9.54. The highest BCUT2D eigenvalue weighted by atomic mass is 35.5. The summed E-state index contributed by atoms with van der Waals surface area (Å²) in [4.78, 5) is 0. The van der Waals surface area contributed by atoms with Crippen LogP contribution in [-0.4, -0.2) is 27.1 Å². The van der Waals surface area contributed by atoms with E-state index in [1.807, 2.05) is 0 Å². The van der Waals surface area contributed by atoms with Gasteiger partial charge in [0.05, 0.1) is 15.6 Å². The van der Waals surface area contributed by atoms with Gasteiger partial charge in [0.2, 0.25) is 0 Å². The fraction of sp³-hybridized carbons (Fsp3) is 0.455. The second-order valence-electron chi connectivity index (χ2n) is 4.36. The molecule has 0 saturated carbocycles. The highest BCUT2D eigenvalue weighted by molar-refractivity contribution is 6.37. The number of benzene rings is 1. The van der Waals surface area contributed by atoms with E-state index in [-0.39, 0.29) is 15.8 Å². The predicted octanol–water partition coefficient (Wildman–Crippen LogP) is 1.88. The molecule has 1 rings (SSSR count). The van der Waals surface area contributed by atoms with Gasteiger partial charge >= 0.3 is 0 Å². The van der Waals surface area contributed by atoms with E-state index in [0.29, 0.717) is 6.54 Å². The van der Waals surface area contributed by atoms with Gasteiger partial charge in [0, 0.05) is 6.54 Å². The van der Waals surface area contributed by atoms with Crippen molar-refractivity contribution in [1.29, 1.82) is 0 Å². The molecular formula is C11H15Cl2NO3. The fourth-order valence-electron chi connectivity index (χ4n) is 1.14. The average Bonchev–Trinajstić information content (AvgIpc) is 2.22. The zero-order valence-corrected chi connectivity index (χ0v) is 11.0. The molecule has 0 aliphatic carbocycles. The summed E-state index contributed by atoms with van der Waals surface area (Å²) in [5, 5.41) is 30.9. The summed E-state index contributed by atoms with van der Waals surface area (Å²) >= 11 is 11.5. The Bertz CT molecular complexity index is 385. The van der Waals surface area contributed by atoms with Gasteiger partial charge in [-0.15, -0.1) is 0 Å². The first-order valence-electron chi connectivity index (χ1n) is 5.02. The van der Waals surface area contributed by atoms with Crippen LogP contribution in [-0.2, 0) is 6.54 Å². The number of aromatic hydroxyl groups is 1. The second-order valence-corrected chi connectivity index (χ2v) is 5.17. The van der Waals surface area contributed by atoms with E-state index >= 15 is 0 Å². The first-order chi connectivity index (χ1) is 7.74. The molecule has 0 amide bonds. The molecule has 0 fully saturated rings. The van der Waals surface area contributed by atoms with Crippen LogP contribution in [0, 0.1) is 0 Å². The number of rotatable bonds is 4. The zero-order chi connectivity index (χ0) is 13.2. The Balaban J connectivity index is 2.77. The third kappa shape index (κ3) is 3.72. The molecule has 4 N–H and O–H groups in total. The molecule has 0 spiro atoms. The molecule has 0 saturated heterocycles. The molecule has 0 heterocycles. The largest absolute Gasteiger partial charge is 0.505 e. The van der Waals surface area contributed by atoms with Gasteiger partial charge in [-0.05, 0) is 31.5 Å². The van der Waals surface area contributed by atoms with Gasteiger partial charge in [0.15, 0.2) is 12.0 Å². The second kappa shape index (κ2) is 5.42. The highest BCUT2D eigenvalue weighted by Gasteiger charge is 2.25. The minimum Gasteiger partial charge on any atom is -0.505 e. The molecule has 17 heavy (non-hydrogen) atoms. The predicted molar refractivity (Wildman–Crippen MR) is 67.3 cm³/mol. The Kier molecular flexibility index (Phi) is 4.63. The summed E-state index contributed by atoms with van der Waals surface area (Å²) in [6.07, 6.45) is -1.48.